The zero-order chi connectivity index (χ0) is 42.3. The summed E-state index contributed by atoms with van der Waals surface area (Å²) in [5, 5.41) is 7.70. The van der Waals surface area contributed by atoms with Gasteiger partial charge in [0.2, 0.25) is 0 Å². The lowest BCUT2D eigenvalue weighted by Gasteiger charge is -2.21. The zero-order valence-electron chi connectivity index (χ0n) is 34.1. The number of hydrogen-bond donors (Lipinski definition) is 0. The van der Waals surface area contributed by atoms with E-state index >= 15 is 0 Å². The predicted molar refractivity (Wildman–Crippen MR) is 247 cm³/mol. The standard InChI is InChI=1S/2C20H13O4P.C10H8N2.3H2O/c2*21-25(22)23-17-11-9-13-5-1-3-7-15(13)19(17)20-16-8-4-2-6-14(16)10-12-18(20)24-25;1-5-11-6-2-9(1)10-3-7-12-8-4-10;;;/h2*1-12H,(H,21,22);1-8H;3*1H2. The van der Waals surface area contributed by atoms with Gasteiger partial charge in [-0.15, -0.1) is 0 Å². The van der Waals surface area contributed by atoms with E-state index < -0.39 is 15.6 Å². The van der Waals surface area contributed by atoms with Crippen LogP contribution in [-0.4, -0.2) is 16.4 Å². The summed E-state index contributed by atoms with van der Waals surface area (Å²) < 4.78 is 45.5. The zero-order valence-corrected chi connectivity index (χ0v) is 35.9. The Morgan fingerprint density at radius 2 is 0.554 bits per heavy atom. The maximum absolute atomic E-state index is 12.3. The summed E-state index contributed by atoms with van der Waals surface area (Å²) in [6.07, 6.45) is 7.69. The third-order valence-corrected chi connectivity index (χ3v) is 12.4. The van der Waals surface area contributed by atoms with Crippen LogP contribution in [0.2, 0.25) is 0 Å². The highest BCUT2D eigenvalue weighted by Crippen LogP contribution is 2.56. The Kier molecular flexibility index (Phi) is 13.1. The first-order valence-electron chi connectivity index (χ1n) is 19.6. The Morgan fingerprint density at radius 1 is 0.323 bits per heavy atom. The van der Waals surface area contributed by atoms with Gasteiger partial charge in [-0.25, -0.2) is 19.1 Å². The van der Waals surface area contributed by atoms with E-state index in [0.29, 0.717) is 0 Å². The van der Waals surface area contributed by atoms with E-state index in [1.165, 1.54) is 11.1 Å². The van der Waals surface area contributed by atoms with Crippen molar-refractivity contribution in [1.82, 2.24) is 0 Å². The first-order valence-corrected chi connectivity index (χ1v) is 22.5. The molecular weight excluding hydrogens is 867 g/mol. The third kappa shape index (κ3) is 9.03. The van der Waals surface area contributed by atoms with Crippen LogP contribution in [0.5, 0.6) is 23.0 Å². The maximum atomic E-state index is 12.3. The molecule has 4 heterocycles. The lowest BCUT2D eigenvalue weighted by molar-refractivity contribution is -0.378. The van der Waals surface area contributed by atoms with Gasteiger partial charge in [0.05, 0.1) is 0 Å². The molecule has 0 amide bonds. The summed E-state index contributed by atoms with van der Waals surface area (Å²) >= 11 is 0. The SMILES string of the molecule is O.O.O.O=P1([O-])Oc2ccc3ccccc3c2-c2c(ccc3ccccc23)O1.O=P1([O-])Oc2ccc3ccccc3c2-c2c(ccc3ccccc23)O1.c1cc(-c2cc[nH+]cc2)cc[nH+]1. The number of H-pyrrole nitrogens is 2. The van der Waals surface area contributed by atoms with Gasteiger partial charge in [0, 0.05) is 46.5 Å². The van der Waals surface area contributed by atoms with Gasteiger partial charge in [-0.1, -0.05) is 121 Å². The van der Waals surface area contributed by atoms with Crippen LogP contribution in [0.1, 0.15) is 0 Å². The van der Waals surface area contributed by atoms with E-state index in [0.717, 1.165) is 65.3 Å². The van der Waals surface area contributed by atoms with E-state index in [-0.39, 0.29) is 39.4 Å². The third-order valence-electron chi connectivity index (χ3n) is 10.7. The fourth-order valence-electron chi connectivity index (χ4n) is 8.02. The summed E-state index contributed by atoms with van der Waals surface area (Å²) in [4.78, 5) is 30.5. The second kappa shape index (κ2) is 18.7. The number of pyridine rings is 2. The van der Waals surface area contributed by atoms with Gasteiger partial charge < -0.3 is 44.3 Å². The first kappa shape index (κ1) is 45.6. The molecule has 65 heavy (non-hydrogen) atoms. The molecule has 0 saturated carbocycles. The van der Waals surface area contributed by atoms with Gasteiger partial charge in [-0.2, -0.15) is 0 Å². The summed E-state index contributed by atoms with van der Waals surface area (Å²) in [5.74, 6) is 1.14. The minimum atomic E-state index is -4.50. The molecule has 8 aromatic carbocycles. The second-order valence-corrected chi connectivity index (χ2v) is 17.0. The molecule has 15 heteroatoms. The quantitative estimate of drug-likeness (QED) is 0.145. The minimum Gasteiger partial charge on any atom is -0.736 e. The topological polar surface area (TPSA) is 240 Å². The predicted octanol–water partition coefficient (Wildman–Crippen LogP) is 8.31. The largest absolute Gasteiger partial charge is 0.736 e. The fraction of sp³-hybridized carbons (Fsp3) is 0. The van der Waals surface area contributed by atoms with Crippen LogP contribution in [0.15, 0.2) is 195 Å². The average molecular weight is 907 g/mol. The number of rotatable bonds is 1. The average Bonchev–Trinajstić information content (AvgIpc) is 3.51. The molecule has 2 aliphatic heterocycles. The van der Waals surface area contributed by atoms with E-state index in [1.54, 1.807) is 24.3 Å². The van der Waals surface area contributed by atoms with Crippen molar-refractivity contribution in [3.8, 4) is 56.4 Å². The first-order chi connectivity index (χ1) is 30.2. The molecule has 2 aliphatic rings. The second-order valence-electron chi connectivity index (χ2n) is 14.5. The van der Waals surface area contributed by atoms with Crippen LogP contribution in [-0.2, 0) is 9.13 Å². The molecule has 0 bridgehead atoms. The molecular formula is C50H40N2O11P2. The van der Waals surface area contributed by atoms with Crippen LogP contribution in [0.25, 0.3) is 76.5 Å². The van der Waals surface area contributed by atoms with Gasteiger partial charge in [0.1, 0.15) is 23.0 Å². The Labute approximate surface area is 371 Å². The van der Waals surface area contributed by atoms with Crippen LogP contribution in [0, 0.1) is 0 Å². The molecule has 13 nitrogen and oxygen atoms in total. The van der Waals surface area contributed by atoms with Crippen molar-refractivity contribution < 1.29 is 63.4 Å². The normalized spacial score (nSPS) is 13.3. The molecule has 0 fully saturated rings. The van der Waals surface area contributed by atoms with Crippen molar-refractivity contribution in [3.63, 3.8) is 0 Å². The molecule has 326 valence electrons. The van der Waals surface area contributed by atoms with Crippen LogP contribution in [0.3, 0.4) is 0 Å². The number of benzene rings is 8. The Morgan fingerprint density at radius 3 is 0.800 bits per heavy atom. The van der Waals surface area contributed by atoms with Crippen molar-refractivity contribution in [1.29, 1.82) is 0 Å². The van der Waals surface area contributed by atoms with Crippen molar-refractivity contribution in [3.05, 3.63) is 195 Å². The summed E-state index contributed by atoms with van der Waals surface area (Å²) in [6, 6.07) is 53.7. The molecule has 2 aromatic heterocycles. The molecule has 8 N–H and O–H groups in total. The number of nitrogens with one attached hydrogen (secondary N) is 2. The van der Waals surface area contributed by atoms with Crippen LogP contribution in [0.4, 0.5) is 0 Å². The summed E-state index contributed by atoms with van der Waals surface area (Å²) in [5.41, 5.74) is 5.39. The van der Waals surface area contributed by atoms with Crippen molar-refractivity contribution in [2.24, 2.45) is 0 Å². The van der Waals surface area contributed by atoms with Crippen molar-refractivity contribution >= 4 is 58.7 Å². The molecule has 0 unspecified atom stereocenters. The molecule has 10 aromatic rings. The number of phosphoric acid groups is 2. The Bertz CT molecular complexity index is 3020. The highest BCUT2D eigenvalue weighted by molar-refractivity contribution is 7.47. The smallest absolute Gasteiger partial charge is 0.372 e. The number of aromatic amines is 2. The fourth-order valence-corrected chi connectivity index (χ4v) is 9.67. The van der Waals surface area contributed by atoms with Gasteiger partial charge >= 0.3 is 15.6 Å². The Hall–Kier alpha value is -7.44. The minimum absolute atomic E-state index is 0. The maximum Gasteiger partial charge on any atom is 0.372 e. The van der Waals surface area contributed by atoms with Crippen LogP contribution >= 0.6 is 15.6 Å². The van der Waals surface area contributed by atoms with E-state index in [2.05, 4.69) is 34.2 Å². The van der Waals surface area contributed by atoms with E-state index in [1.807, 2.05) is 146 Å². The lowest BCUT2D eigenvalue weighted by Crippen LogP contribution is -2.11. The van der Waals surface area contributed by atoms with Crippen molar-refractivity contribution in [2.75, 3.05) is 0 Å². The number of aromatic nitrogens is 2. The van der Waals surface area contributed by atoms with Crippen molar-refractivity contribution in [2.45, 2.75) is 0 Å². The molecule has 0 saturated heterocycles. The van der Waals surface area contributed by atoms with Gasteiger partial charge in [0.25, 0.3) is 0 Å². The summed E-state index contributed by atoms with van der Waals surface area (Å²) in [7, 11) is -9.00. The van der Waals surface area contributed by atoms with Crippen LogP contribution < -0.4 is 37.8 Å². The van der Waals surface area contributed by atoms with Gasteiger partial charge in [0.15, 0.2) is 24.8 Å². The number of fused-ring (bicyclic) bond motifs is 14. The highest BCUT2D eigenvalue weighted by atomic mass is 31.2. The monoisotopic (exact) mass is 906 g/mol. The van der Waals surface area contributed by atoms with E-state index in [9.17, 15) is 18.9 Å². The number of hydrogen-bond acceptors (Lipinski definition) is 8. The molecule has 12 rings (SSSR count). The van der Waals surface area contributed by atoms with Gasteiger partial charge in [-0.3, -0.25) is 0 Å². The van der Waals surface area contributed by atoms with E-state index in [4.69, 9.17) is 18.1 Å². The molecule has 0 spiro atoms. The highest BCUT2D eigenvalue weighted by Gasteiger charge is 2.29. The molecule has 0 atom stereocenters. The van der Waals surface area contributed by atoms with Gasteiger partial charge in [-0.05, 0) is 78.5 Å². The molecule has 0 radical (unpaired) electrons. The Balaban J connectivity index is 0.000000150. The molecule has 0 aliphatic carbocycles. The summed E-state index contributed by atoms with van der Waals surface area (Å²) in [6.45, 7) is 0. The number of phosphoric ester groups is 2. The lowest BCUT2D eigenvalue weighted by atomic mass is 9.92.